The van der Waals surface area contributed by atoms with E-state index in [0.29, 0.717) is 42.4 Å². The molecule has 0 bridgehead atoms. The van der Waals surface area contributed by atoms with Crippen LogP contribution >= 0.6 is 0 Å². The van der Waals surface area contributed by atoms with Crippen LogP contribution < -0.4 is 0 Å². The minimum atomic E-state index is -1.16. The molecule has 0 aromatic heterocycles. The molecule has 5 heteroatoms. The van der Waals surface area contributed by atoms with E-state index in [4.69, 9.17) is 0 Å². The molecular formula is C28H50O5. The van der Waals surface area contributed by atoms with Gasteiger partial charge in [-0.1, -0.05) is 34.1 Å². The van der Waals surface area contributed by atoms with Crippen molar-refractivity contribution in [1.82, 2.24) is 0 Å². The van der Waals surface area contributed by atoms with E-state index >= 15 is 0 Å². The van der Waals surface area contributed by atoms with Crippen molar-refractivity contribution < 1.29 is 25.5 Å². The molecule has 4 saturated carbocycles. The van der Waals surface area contributed by atoms with Gasteiger partial charge in [-0.2, -0.15) is 0 Å². The number of aliphatic hydroxyl groups excluding tert-OH is 3. The van der Waals surface area contributed by atoms with Crippen LogP contribution in [-0.4, -0.2) is 55.5 Å². The van der Waals surface area contributed by atoms with E-state index in [1.165, 1.54) is 19.3 Å². The smallest absolute Gasteiger partial charge is 0.0985 e. The molecule has 0 spiro atoms. The Morgan fingerprint density at radius 1 is 0.970 bits per heavy atom. The summed E-state index contributed by atoms with van der Waals surface area (Å²) in [5, 5.41) is 53.0. The summed E-state index contributed by atoms with van der Waals surface area (Å²) >= 11 is 0. The zero-order valence-corrected chi connectivity index (χ0v) is 21.6. The summed E-state index contributed by atoms with van der Waals surface area (Å²) in [4.78, 5) is 0. The van der Waals surface area contributed by atoms with Gasteiger partial charge < -0.3 is 25.5 Å². The van der Waals surface area contributed by atoms with Gasteiger partial charge in [-0.05, 0) is 99.2 Å². The van der Waals surface area contributed by atoms with E-state index in [-0.39, 0.29) is 23.4 Å². The number of aliphatic hydroxyl groups is 5. The Kier molecular flexibility index (Phi) is 6.84. The fourth-order valence-corrected chi connectivity index (χ4v) is 9.42. The van der Waals surface area contributed by atoms with Crippen molar-refractivity contribution in [2.24, 2.45) is 46.3 Å². The number of hydrogen-bond acceptors (Lipinski definition) is 5. The number of hydrogen-bond donors (Lipinski definition) is 5. The van der Waals surface area contributed by atoms with Crippen molar-refractivity contribution in [2.45, 2.75) is 122 Å². The van der Waals surface area contributed by atoms with Crippen molar-refractivity contribution >= 4 is 0 Å². The van der Waals surface area contributed by atoms with Gasteiger partial charge >= 0.3 is 0 Å². The van der Waals surface area contributed by atoms with Gasteiger partial charge in [0.2, 0.25) is 0 Å². The minimum Gasteiger partial charge on any atom is -0.393 e. The second-order valence-electron chi connectivity index (χ2n) is 13.6. The third-order valence-electron chi connectivity index (χ3n) is 12.0. The maximum Gasteiger partial charge on any atom is 0.0985 e. The highest BCUT2D eigenvalue weighted by Crippen LogP contribution is 2.69. The van der Waals surface area contributed by atoms with Crippen LogP contribution in [0, 0.1) is 46.3 Å². The first-order chi connectivity index (χ1) is 15.3. The highest BCUT2D eigenvalue weighted by molar-refractivity contribution is 5.17. The lowest BCUT2D eigenvalue weighted by Gasteiger charge is -2.65. The van der Waals surface area contributed by atoms with Crippen LogP contribution in [0.2, 0.25) is 0 Å². The SMILES string of the molecule is C[C@H](CC[C@H](C)C(C)(O)CO)C1CCC2C3CC(O)[C@@]4(O)CC(O)CCC4(C)C3CCC21C. The summed E-state index contributed by atoms with van der Waals surface area (Å²) < 4.78 is 0. The lowest BCUT2D eigenvalue weighted by molar-refractivity contribution is -0.264. The first-order valence-corrected chi connectivity index (χ1v) is 13.7. The molecule has 0 aliphatic heterocycles. The maximum absolute atomic E-state index is 11.6. The standard InChI is InChI=1S/C28H50O5/c1-17(6-7-18(2)27(5,32)16-29)21-8-9-22-20-14-24(31)28(33)15-19(30)10-13-26(28,4)23(20)11-12-25(21,22)3/h17-24,29-33H,6-16H2,1-5H3/t17-,18+,19?,20?,21?,22?,23?,24?,25?,26?,27?,28+/m1/s1. The largest absolute Gasteiger partial charge is 0.393 e. The topological polar surface area (TPSA) is 101 Å². The summed E-state index contributed by atoms with van der Waals surface area (Å²) in [6.07, 6.45) is 7.97. The zero-order chi connectivity index (χ0) is 24.4. The lowest BCUT2D eigenvalue weighted by Crippen LogP contribution is -2.68. The first kappa shape index (κ1) is 25.9. The number of fused-ring (bicyclic) bond motifs is 5. The fraction of sp³-hybridized carbons (Fsp3) is 1.00. The van der Waals surface area contributed by atoms with Crippen LogP contribution in [0.1, 0.15) is 98.8 Å². The summed E-state index contributed by atoms with van der Waals surface area (Å²) in [6.45, 7) is 10.7. The Labute approximate surface area is 201 Å². The van der Waals surface area contributed by atoms with Gasteiger partial charge in [0.05, 0.1) is 30.0 Å². The Morgan fingerprint density at radius 2 is 1.67 bits per heavy atom. The Hall–Kier alpha value is -0.200. The molecule has 4 aliphatic rings. The minimum absolute atomic E-state index is 0.0680. The van der Waals surface area contributed by atoms with Gasteiger partial charge in [0.25, 0.3) is 0 Å². The van der Waals surface area contributed by atoms with E-state index < -0.39 is 23.4 Å². The maximum atomic E-state index is 11.6. The fourth-order valence-electron chi connectivity index (χ4n) is 9.42. The second-order valence-corrected chi connectivity index (χ2v) is 13.6. The van der Waals surface area contributed by atoms with Crippen LogP contribution in [0.3, 0.4) is 0 Å². The molecule has 9 unspecified atom stereocenters. The van der Waals surface area contributed by atoms with Gasteiger partial charge in [-0.25, -0.2) is 0 Å². The molecule has 4 fully saturated rings. The third kappa shape index (κ3) is 3.93. The second kappa shape index (κ2) is 8.73. The molecular weight excluding hydrogens is 416 g/mol. The molecule has 5 N–H and O–H groups in total. The highest BCUT2D eigenvalue weighted by atomic mass is 16.3. The lowest BCUT2D eigenvalue weighted by atomic mass is 9.42. The molecule has 0 heterocycles. The van der Waals surface area contributed by atoms with E-state index in [0.717, 1.165) is 32.1 Å². The molecule has 0 radical (unpaired) electrons. The molecule has 192 valence electrons. The van der Waals surface area contributed by atoms with E-state index in [2.05, 4.69) is 20.8 Å². The molecule has 0 aromatic carbocycles. The molecule has 4 rings (SSSR count). The summed E-state index contributed by atoms with van der Waals surface area (Å²) in [5.74, 6) is 2.74. The first-order valence-electron chi connectivity index (χ1n) is 13.7. The van der Waals surface area contributed by atoms with Gasteiger partial charge in [0, 0.05) is 11.8 Å². The molecule has 4 aliphatic carbocycles. The number of rotatable bonds is 6. The van der Waals surface area contributed by atoms with Crippen LogP contribution in [0.4, 0.5) is 0 Å². The van der Waals surface area contributed by atoms with Crippen LogP contribution in [0.15, 0.2) is 0 Å². The van der Waals surface area contributed by atoms with Gasteiger partial charge in [-0.15, -0.1) is 0 Å². The van der Waals surface area contributed by atoms with Gasteiger partial charge in [0.1, 0.15) is 0 Å². The van der Waals surface area contributed by atoms with E-state index in [9.17, 15) is 25.5 Å². The quantitative estimate of drug-likeness (QED) is 0.409. The summed E-state index contributed by atoms with van der Waals surface area (Å²) in [5.41, 5.74) is -2.23. The average molecular weight is 467 g/mol. The molecule has 5 nitrogen and oxygen atoms in total. The monoisotopic (exact) mass is 466 g/mol. The van der Waals surface area contributed by atoms with Crippen molar-refractivity contribution in [3.63, 3.8) is 0 Å². The molecule has 0 saturated heterocycles. The molecule has 12 atom stereocenters. The molecule has 0 amide bonds. The average Bonchev–Trinajstić information content (AvgIpc) is 3.11. The van der Waals surface area contributed by atoms with Crippen LogP contribution in [0.5, 0.6) is 0 Å². The predicted molar refractivity (Wildman–Crippen MR) is 129 cm³/mol. The zero-order valence-electron chi connectivity index (χ0n) is 21.6. The predicted octanol–water partition coefficient (Wildman–Crippen LogP) is 3.89. The Morgan fingerprint density at radius 3 is 2.33 bits per heavy atom. The van der Waals surface area contributed by atoms with E-state index in [1.807, 2.05) is 6.92 Å². The third-order valence-corrected chi connectivity index (χ3v) is 12.0. The van der Waals surface area contributed by atoms with E-state index in [1.54, 1.807) is 6.92 Å². The summed E-state index contributed by atoms with van der Waals surface area (Å²) in [7, 11) is 0. The normalized spacial score (nSPS) is 51.1. The molecule has 0 aromatic rings. The molecule has 33 heavy (non-hydrogen) atoms. The van der Waals surface area contributed by atoms with Crippen LogP contribution in [0.25, 0.3) is 0 Å². The highest BCUT2D eigenvalue weighted by Gasteiger charge is 2.67. The van der Waals surface area contributed by atoms with Crippen LogP contribution in [-0.2, 0) is 0 Å². The van der Waals surface area contributed by atoms with Crippen molar-refractivity contribution in [3.8, 4) is 0 Å². The summed E-state index contributed by atoms with van der Waals surface area (Å²) in [6, 6.07) is 0. The van der Waals surface area contributed by atoms with Gasteiger partial charge in [0.15, 0.2) is 0 Å². The van der Waals surface area contributed by atoms with Crippen molar-refractivity contribution in [1.29, 1.82) is 0 Å². The Bertz CT molecular complexity index is 710. The van der Waals surface area contributed by atoms with Crippen molar-refractivity contribution in [3.05, 3.63) is 0 Å². The Balaban J connectivity index is 1.50. The van der Waals surface area contributed by atoms with Crippen molar-refractivity contribution in [2.75, 3.05) is 6.61 Å². The van der Waals surface area contributed by atoms with Gasteiger partial charge in [-0.3, -0.25) is 0 Å².